The second-order valence-electron chi connectivity index (χ2n) is 4.59. The van der Waals surface area contributed by atoms with Crippen molar-refractivity contribution in [2.24, 2.45) is 5.73 Å². The van der Waals surface area contributed by atoms with E-state index in [-0.39, 0.29) is 17.6 Å². The van der Waals surface area contributed by atoms with Crippen molar-refractivity contribution in [3.05, 3.63) is 28.7 Å². The monoisotopic (exact) mass is 265 g/mol. The van der Waals surface area contributed by atoms with Crippen molar-refractivity contribution in [1.29, 1.82) is 0 Å². The number of aromatic nitrogens is 1. The number of aryl methyl sites for hydroxylation is 1. The molecule has 0 saturated carbocycles. The van der Waals surface area contributed by atoms with E-state index in [0.29, 0.717) is 25.2 Å². The van der Waals surface area contributed by atoms with Crippen LogP contribution >= 0.6 is 0 Å². The van der Waals surface area contributed by atoms with E-state index >= 15 is 0 Å². The van der Waals surface area contributed by atoms with Crippen LogP contribution in [0.2, 0.25) is 0 Å². The molecule has 1 aliphatic rings. The molecule has 1 fully saturated rings. The lowest BCUT2D eigenvalue weighted by atomic mass is 10.2. The Bertz CT molecular complexity index is 512. The molecule has 0 aromatic carbocycles. The lowest BCUT2D eigenvalue weighted by molar-refractivity contribution is -0.126. The predicted octanol–water partition coefficient (Wildman–Crippen LogP) is 0.313. The highest BCUT2D eigenvalue weighted by atomic mass is 16.5. The number of nitrogens with two attached hydrogens (primary N) is 1. The molecule has 0 spiro atoms. The maximum atomic E-state index is 12.0. The summed E-state index contributed by atoms with van der Waals surface area (Å²) in [6, 6.07) is 3.04. The first-order valence-corrected chi connectivity index (χ1v) is 6.51. The topological polar surface area (TPSA) is 86.3 Å². The summed E-state index contributed by atoms with van der Waals surface area (Å²) in [6.07, 6.45) is 2.65. The molecular formula is C13H19N3O3. The second-order valence-corrected chi connectivity index (χ2v) is 4.59. The fraction of sp³-hybridized carbons (Fsp3) is 0.538. The van der Waals surface area contributed by atoms with Crippen LogP contribution in [0.25, 0.3) is 0 Å². The molecule has 104 valence electrons. The number of anilines is 1. The number of rotatable bonds is 4. The number of carbonyl (C=O) groups excluding carboxylic acids is 1. The molecule has 0 aliphatic carbocycles. The van der Waals surface area contributed by atoms with E-state index in [1.54, 1.807) is 12.3 Å². The highest BCUT2D eigenvalue weighted by molar-refractivity contribution is 5.94. The molecule has 1 aromatic heterocycles. The van der Waals surface area contributed by atoms with Crippen molar-refractivity contribution in [2.45, 2.75) is 38.5 Å². The zero-order chi connectivity index (χ0) is 13.8. The molecule has 2 heterocycles. The van der Waals surface area contributed by atoms with Crippen molar-refractivity contribution in [1.82, 2.24) is 4.57 Å². The second kappa shape index (κ2) is 5.99. The van der Waals surface area contributed by atoms with Gasteiger partial charge in [0.1, 0.15) is 6.10 Å². The van der Waals surface area contributed by atoms with Gasteiger partial charge in [0, 0.05) is 25.4 Å². The Hall–Kier alpha value is -1.66. The van der Waals surface area contributed by atoms with Crippen LogP contribution in [0.3, 0.4) is 0 Å². The van der Waals surface area contributed by atoms with Gasteiger partial charge in [-0.25, -0.2) is 0 Å². The van der Waals surface area contributed by atoms with Gasteiger partial charge in [-0.3, -0.25) is 9.59 Å². The van der Waals surface area contributed by atoms with Crippen LogP contribution in [-0.2, 0) is 16.1 Å². The van der Waals surface area contributed by atoms with Gasteiger partial charge in [-0.2, -0.15) is 0 Å². The predicted molar refractivity (Wildman–Crippen MR) is 72.0 cm³/mol. The van der Waals surface area contributed by atoms with Gasteiger partial charge in [0.2, 0.25) is 0 Å². The molecule has 6 heteroatoms. The minimum atomic E-state index is -0.449. The Morgan fingerprint density at radius 1 is 1.53 bits per heavy atom. The summed E-state index contributed by atoms with van der Waals surface area (Å²) in [5.74, 6) is -0.183. The Labute approximate surface area is 111 Å². The fourth-order valence-corrected chi connectivity index (χ4v) is 2.15. The number of amides is 1. The summed E-state index contributed by atoms with van der Waals surface area (Å²) in [6.45, 7) is 2.88. The van der Waals surface area contributed by atoms with Crippen molar-refractivity contribution in [3.8, 4) is 0 Å². The van der Waals surface area contributed by atoms with Crippen LogP contribution in [0.4, 0.5) is 5.69 Å². The van der Waals surface area contributed by atoms with Gasteiger partial charge in [-0.05, 0) is 25.8 Å². The Morgan fingerprint density at radius 3 is 2.95 bits per heavy atom. The summed E-state index contributed by atoms with van der Waals surface area (Å²) in [5, 5.41) is 2.77. The van der Waals surface area contributed by atoms with Gasteiger partial charge in [-0.15, -0.1) is 0 Å². The van der Waals surface area contributed by atoms with Gasteiger partial charge in [0.15, 0.2) is 0 Å². The van der Waals surface area contributed by atoms with E-state index in [9.17, 15) is 9.59 Å². The molecule has 0 radical (unpaired) electrons. The summed E-state index contributed by atoms with van der Waals surface area (Å²) < 4.78 is 7.05. The number of pyridine rings is 1. The van der Waals surface area contributed by atoms with Crippen LogP contribution in [0.5, 0.6) is 0 Å². The van der Waals surface area contributed by atoms with E-state index in [2.05, 4.69) is 5.32 Å². The maximum Gasteiger partial charge on any atom is 0.253 e. The molecular weight excluding hydrogens is 246 g/mol. The molecule has 1 saturated heterocycles. The van der Waals surface area contributed by atoms with Gasteiger partial charge in [0.25, 0.3) is 11.5 Å². The van der Waals surface area contributed by atoms with Crippen molar-refractivity contribution < 1.29 is 9.53 Å². The number of nitrogens with one attached hydrogen (secondary N) is 1. The van der Waals surface area contributed by atoms with Crippen LogP contribution in [0.15, 0.2) is 23.1 Å². The van der Waals surface area contributed by atoms with Gasteiger partial charge < -0.3 is 20.4 Å². The van der Waals surface area contributed by atoms with E-state index in [1.807, 2.05) is 6.92 Å². The Kier molecular flexibility index (Phi) is 4.34. The quantitative estimate of drug-likeness (QED) is 0.820. The van der Waals surface area contributed by atoms with Crippen LogP contribution in [0.1, 0.15) is 19.8 Å². The Balaban J connectivity index is 2.01. The van der Waals surface area contributed by atoms with E-state index in [4.69, 9.17) is 10.5 Å². The minimum Gasteiger partial charge on any atom is -0.364 e. The molecule has 0 bridgehead atoms. The zero-order valence-electron chi connectivity index (χ0n) is 11.0. The number of ether oxygens (including phenoxy) is 1. The SMILES string of the molecule is CCn1cc(NC(=O)[C@@H]2CC[C@H](CN)O2)ccc1=O. The Morgan fingerprint density at radius 2 is 2.32 bits per heavy atom. The first kappa shape index (κ1) is 13.8. The lowest BCUT2D eigenvalue weighted by Crippen LogP contribution is -2.30. The molecule has 2 atom stereocenters. The molecule has 1 aliphatic heterocycles. The van der Waals surface area contributed by atoms with Crippen molar-refractivity contribution in [3.63, 3.8) is 0 Å². The highest BCUT2D eigenvalue weighted by Gasteiger charge is 2.29. The average molecular weight is 265 g/mol. The van der Waals surface area contributed by atoms with Crippen LogP contribution in [0, 0.1) is 0 Å². The molecule has 1 amide bonds. The third-order valence-corrected chi connectivity index (χ3v) is 3.25. The third-order valence-electron chi connectivity index (χ3n) is 3.25. The molecule has 0 unspecified atom stereocenters. The van der Waals surface area contributed by atoms with Gasteiger partial charge >= 0.3 is 0 Å². The summed E-state index contributed by atoms with van der Waals surface area (Å²) >= 11 is 0. The molecule has 1 aromatic rings. The third kappa shape index (κ3) is 3.21. The number of nitrogens with zero attached hydrogens (tertiary/aromatic N) is 1. The summed E-state index contributed by atoms with van der Waals surface area (Å²) in [4.78, 5) is 23.4. The molecule has 19 heavy (non-hydrogen) atoms. The molecule has 2 rings (SSSR count). The molecule has 6 nitrogen and oxygen atoms in total. The van der Waals surface area contributed by atoms with Crippen molar-refractivity contribution >= 4 is 11.6 Å². The van der Waals surface area contributed by atoms with E-state index < -0.39 is 6.10 Å². The van der Waals surface area contributed by atoms with E-state index in [1.165, 1.54) is 10.6 Å². The normalized spacial score (nSPS) is 22.4. The minimum absolute atomic E-state index is 0.0275. The largest absolute Gasteiger partial charge is 0.364 e. The maximum absolute atomic E-state index is 12.0. The standard InChI is InChI=1S/C13H19N3O3/c1-2-16-8-9(3-6-12(16)17)15-13(18)11-5-4-10(7-14)19-11/h3,6,8,10-11H,2,4-5,7,14H2,1H3,(H,15,18)/t10-,11+/m1/s1. The summed E-state index contributed by atoms with van der Waals surface area (Å²) in [7, 11) is 0. The number of hydrogen-bond acceptors (Lipinski definition) is 4. The zero-order valence-corrected chi connectivity index (χ0v) is 11.0. The summed E-state index contributed by atoms with van der Waals surface area (Å²) in [5.41, 5.74) is 6.03. The lowest BCUT2D eigenvalue weighted by Gasteiger charge is -2.13. The molecule has 3 N–H and O–H groups in total. The van der Waals surface area contributed by atoms with Crippen LogP contribution < -0.4 is 16.6 Å². The van der Waals surface area contributed by atoms with Crippen molar-refractivity contribution in [2.75, 3.05) is 11.9 Å². The number of hydrogen-bond donors (Lipinski definition) is 2. The van der Waals surface area contributed by atoms with E-state index in [0.717, 1.165) is 6.42 Å². The van der Waals surface area contributed by atoms with Gasteiger partial charge in [-0.1, -0.05) is 0 Å². The van der Waals surface area contributed by atoms with Gasteiger partial charge in [0.05, 0.1) is 11.8 Å². The average Bonchev–Trinajstić information content (AvgIpc) is 2.90. The first-order chi connectivity index (χ1) is 9.13. The highest BCUT2D eigenvalue weighted by Crippen LogP contribution is 2.20. The smallest absolute Gasteiger partial charge is 0.253 e. The fourth-order valence-electron chi connectivity index (χ4n) is 2.15. The first-order valence-electron chi connectivity index (χ1n) is 6.51. The van der Waals surface area contributed by atoms with Crippen LogP contribution in [-0.4, -0.2) is 29.2 Å². The number of carbonyl (C=O) groups is 1.